The van der Waals surface area contributed by atoms with Gasteiger partial charge in [-0.05, 0) is 42.2 Å². The summed E-state index contributed by atoms with van der Waals surface area (Å²) in [6.07, 6.45) is 3.44. The number of carbonyl (C=O) groups is 1. The second-order valence-electron chi connectivity index (χ2n) is 6.10. The Balaban J connectivity index is 1.61. The molecule has 1 aliphatic heterocycles. The van der Waals surface area contributed by atoms with Gasteiger partial charge < -0.3 is 4.90 Å². The first-order valence-corrected chi connectivity index (χ1v) is 9.81. The first kappa shape index (κ1) is 16.9. The van der Waals surface area contributed by atoms with Gasteiger partial charge in [0.05, 0.1) is 4.90 Å². The lowest BCUT2D eigenvalue weighted by Gasteiger charge is -2.26. The first-order valence-electron chi connectivity index (χ1n) is 8.32. The molecule has 0 bridgehead atoms. The summed E-state index contributed by atoms with van der Waals surface area (Å²) in [6, 6.07) is 12.7. The van der Waals surface area contributed by atoms with E-state index < -0.39 is 10.0 Å². The number of piperidine rings is 1. The molecular formula is C18H22N2O3S. The van der Waals surface area contributed by atoms with Crippen LogP contribution in [0.2, 0.25) is 0 Å². The molecule has 2 aromatic rings. The van der Waals surface area contributed by atoms with E-state index in [0.29, 0.717) is 0 Å². The minimum Gasteiger partial charge on any atom is -0.343 e. The molecule has 1 fully saturated rings. The molecule has 2 aromatic carbocycles. The van der Waals surface area contributed by atoms with Crippen molar-refractivity contribution in [3.63, 3.8) is 0 Å². The van der Waals surface area contributed by atoms with E-state index in [-0.39, 0.29) is 23.8 Å². The Morgan fingerprint density at radius 1 is 1.00 bits per heavy atom. The average molecular weight is 346 g/mol. The number of sulfonamides is 1. The summed E-state index contributed by atoms with van der Waals surface area (Å²) >= 11 is 0. The lowest BCUT2D eigenvalue weighted by molar-refractivity contribution is -0.131. The van der Waals surface area contributed by atoms with Crippen LogP contribution in [0.1, 0.15) is 25.7 Å². The van der Waals surface area contributed by atoms with Crippen LogP contribution in [0.5, 0.6) is 0 Å². The molecule has 3 rings (SSSR count). The minimum atomic E-state index is -3.60. The standard InChI is InChI=1S/C18H22N2O3S/c21-18(20-12-4-1-5-13-20)10-11-19-24(22,23)17-9-8-15-6-2-3-7-16(15)14-17/h2-3,6-9,14,19H,1,4-5,10-13H2. The van der Waals surface area contributed by atoms with Crippen LogP contribution in [0.3, 0.4) is 0 Å². The highest BCUT2D eigenvalue weighted by atomic mass is 32.2. The molecule has 128 valence electrons. The summed E-state index contributed by atoms with van der Waals surface area (Å²) in [4.78, 5) is 14.1. The fourth-order valence-corrected chi connectivity index (χ4v) is 4.08. The number of hydrogen-bond donors (Lipinski definition) is 1. The third kappa shape index (κ3) is 3.94. The molecule has 1 saturated heterocycles. The van der Waals surface area contributed by atoms with Crippen molar-refractivity contribution in [1.82, 2.24) is 9.62 Å². The number of carbonyl (C=O) groups excluding carboxylic acids is 1. The topological polar surface area (TPSA) is 66.5 Å². The van der Waals surface area contributed by atoms with E-state index in [1.807, 2.05) is 29.2 Å². The number of nitrogens with zero attached hydrogens (tertiary/aromatic N) is 1. The first-order chi connectivity index (χ1) is 11.6. The van der Waals surface area contributed by atoms with Crippen LogP contribution in [0.4, 0.5) is 0 Å². The van der Waals surface area contributed by atoms with Gasteiger partial charge in [0.2, 0.25) is 15.9 Å². The Morgan fingerprint density at radius 3 is 2.46 bits per heavy atom. The quantitative estimate of drug-likeness (QED) is 0.905. The van der Waals surface area contributed by atoms with Gasteiger partial charge in [0.15, 0.2) is 0 Å². The van der Waals surface area contributed by atoms with Gasteiger partial charge >= 0.3 is 0 Å². The zero-order chi connectivity index (χ0) is 17.0. The van der Waals surface area contributed by atoms with Crippen LogP contribution in [-0.4, -0.2) is 38.9 Å². The Morgan fingerprint density at radius 2 is 1.71 bits per heavy atom. The van der Waals surface area contributed by atoms with Gasteiger partial charge in [-0.25, -0.2) is 13.1 Å². The van der Waals surface area contributed by atoms with E-state index in [0.717, 1.165) is 36.7 Å². The number of rotatable bonds is 5. The second-order valence-corrected chi connectivity index (χ2v) is 7.87. The smallest absolute Gasteiger partial charge is 0.240 e. The van der Waals surface area contributed by atoms with Crippen LogP contribution in [0.25, 0.3) is 10.8 Å². The molecule has 1 amide bonds. The molecule has 0 spiro atoms. The molecular weight excluding hydrogens is 324 g/mol. The van der Waals surface area contributed by atoms with Crippen molar-refractivity contribution in [2.75, 3.05) is 19.6 Å². The van der Waals surface area contributed by atoms with E-state index in [1.54, 1.807) is 18.2 Å². The molecule has 24 heavy (non-hydrogen) atoms. The van der Waals surface area contributed by atoms with Crippen LogP contribution in [-0.2, 0) is 14.8 Å². The van der Waals surface area contributed by atoms with Gasteiger partial charge in [-0.1, -0.05) is 30.3 Å². The van der Waals surface area contributed by atoms with Crippen LogP contribution >= 0.6 is 0 Å². The summed E-state index contributed by atoms with van der Waals surface area (Å²) < 4.78 is 27.3. The van der Waals surface area contributed by atoms with Crippen molar-refractivity contribution in [2.45, 2.75) is 30.6 Å². The molecule has 1 heterocycles. The van der Waals surface area contributed by atoms with E-state index in [4.69, 9.17) is 0 Å². The Hall–Kier alpha value is -1.92. The van der Waals surface area contributed by atoms with Crippen LogP contribution in [0, 0.1) is 0 Å². The van der Waals surface area contributed by atoms with E-state index in [9.17, 15) is 13.2 Å². The van der Waals surface area contributed by atoms with E-state index >= 15 is 0 Å². The van der Waals surface area contributed by atoms with E-state index in [2.05, 4.69) is 4.72 Å². The molecule has 0 radical (unpaired) electrons. The molecule has 0 unspecified atom stereocenters. The third-order valence-electron chi connectivity index (χ3n) is 4.37. The van der Waals surface area contributed by atoms with Gasteiger partial charge in [-0.2, -0.15) is 0 Å². The number of amides is 1. The van der Waals surface area contributed by atoms with Crippen molar-refractivity contribution in [1.29, 1.82) is 0 Å². The molecule has 1 N–H and O–H groups in total. The van der Waals surface area contributed by atoms with Crippen molar-refractivity contribution in [3.05, 3.63) is 42.5 Å². The van der Waals surface area contributed by atoms with Gasteiger partial charge in [0.1, 0.15) is 0 Å². The zero-order valence-electron chi connectivity index (χ0n) is 13.6. The molecule has 0 saturated carbocycles. The number of likely N-dealkylation sites (tertiary alicyclic amines) is 1. The highest BCUT2D eigenvalue weighted by Gasteiger charge is 2.18. The van der Waals surface area contributed by atoms with Crippen molar-refractivity contribution < 1.29 is 13.2 Å². The van der Waals surface area contributed by atoms with Crippen molar-refractivity contribution in [2.24, 2.45) is 0 Å². The average Bonchev–Trinajstić information content (AvgIpc) is 2.62. The third-order valence-corrected chi connectivity index (χ3v) is 5.83. The Bertz CT molecular complexity index is 827. The summed E-state index contributed by atoms with van der Waals surface area (Å²) in [7, 11) is -3.60. The summed E-state index contributed by atoms with van der Waals surface area (Å²) in [6.45, 7) is 1.71. The molecule has 5 nitrogen and oxygen atoms in total. The molecule has 0 aliphatic carbocycles. The maximum Gasteiger partial charge on any atom is 0.240 e. The lowest BCUT2D eigenvalue weighted by atomic mass is 10.1. The molecule has 0 atom stereocenters. The molecule has 0 aromatic heterocycles. The fraction of sp³-hybridized carbons (Fsp3) is 0.389. The van der Waals surface area contributed by atoms with Gasteiger partial charge in [-0.15, -0.1) is 0 Å². The maximum atomic E-state index is 12.4. The van der Waals surface area contributed by atoms with Crippen LogP contribution in [0.15, 0.2) is 47.4 Å². The molecule has 1 aliphatic rings. The SMILES string of the molecule is O=C(CCNS(=O)(=O)c1ccc2ccccc2c1)N1CCCCC1. The maximum absolute atomic E-state index is 12.4. The largest absolute Gasteiger partial charge is 0.343 e. The predicted octanol–water partition coefficient (Wildman–Crippen LogP) is 2.52. The monoisotopic (exact) mass is 346 g/mol. The number of fused-ring (bicyclic) bond motifs is 1. The highest BCUT2D eigenvalue weighted by Crippen LogP contribution is 2.18. The second kappa shape index (κ2) is 7.32. The van der Waals surface area contributed by atoms with Crippen molar-refractivity contribution in [3.8, 4) is 0 Å². The molecule has 6 heteroatoms. The number of hydrogen-bond acceptors (Lipinski definition) is 3. The van der Waals surface area contributed by atoms with E-state index in [1.165, 1.54) is 6.42 Å². The summed E-state index contributed by atoms with van der Waals surface area (Å²) in [5.74, 6) is 0.0240. The fourth-order valence-electron chi connectivity index (χ4n) is 3.01. The Kier molecular flexibility index (Phi) is 5.16. The van der Waals surface area contributed by atoms with Crippen LogP contribution < -0.4 is 4.72 Å². The summed E-state index contributed by atoms with van der Waals surface area (Å²) in [5, 5.41) is 1.88. The van der Waals surface area contributed by atoms with Crippen molar-refractivity contribution >= 4 is 26.7 Å². The highest BCUT2D eigenvalue weighted by molar-refractivity contribution is 7.89. The van der Waals surface area contributed by atoms with Gasteiger partial charge in [-0.3, -0.25) is 4.79 Å². The number of benzene rings is 2. The lowest BCUT2D eigenvalue weighted by Crippen LogP contribution is -2.37. The predicted molar refractivity (Wildman–Crippen MR) is 94.2 cm³/mol. The van der Waals surface area contributed by atoms with Gasteiger partial charge in [0, 0.05) is 26.1 Å². The Labute approximate surface area is 142 Å². The van der Waals surface area contributed by atoms with Gasteiger partial charge in [0.25, 0.3) is 0 Å². The zero-order valence-corrected chi connectivity index (χ0v) is 14.4. The number of nitrogens with one attached hydrogen (secondary N) is 1. The summed E-state index contributed by atoms with van der Waals surface area (Å²) in [5.41, 5.74) is 0. The normalized spacial score (nSPS) is 15.6. The minimum absolute atomic E-state index is 0.0240.